The van der Waals surface area contributed by atoms with Crippen molar-refractivity contribution in [3.05, 3.63) is 59.2 Å². The van der Waals surface area contributed by atoms with Crippen LogP contribution < -0.4 is 11.5 Å². The molecule has 0 spiro atoms. The molecular weight excluding hydrogens is 208 g/mol. The number of benzene rings is 2. The lowest BCUT2D eigenvalue weighted by atomic mass is 9.98. The van der Waals surface area contributed by atoms with Gasteiger partial charge in [-0.05, 0) is 46.9 Å². The maximum atomic E-state index is 5.73. The SMILES string of the molecule is Cc1ccc(-c2cccc(CN)c2)cc1CN. The molecule has 0 saturated heterocycles. The summed E-state index contributed by atoms with van der Waals surface area (Å²) in [5, 5.41) is 0. The molecule has 0 aromatic heterocycles. The summed E-state index contributed by atoms with van der Waals surface area (Å²) in [6, 6.07) is 14.7. The maximum Gasteiger partial charge on any atom is 0.0180 e. The van der Waals surface area contributed by atoms with Gasteiger partial charge in [0.2, 0.25) is 0 Å². The summed E-state index contributed by atoms with van der Waals surface area (Å²) in [4.78, 5) is 0. The normalized spacial score (nSPS) is 10.5. The molecule has 0 heterocycles. The largest absolute Gasteiger partial charge is 0.326 e. The molecule has 0 amide bonds. The summed E-state index contributed by atoms with van der Waals surface area (Å²) in [5.74, 6) is 0. The van der Waals surface area contributed by atoms with Crippen molar-refractivity contribution in [2.24, 2.45) is 11.5 Å². The Morgan fingerprint density at radius 2 is 1.65 bits per heavy atom. The molecule has 0 bridgehead atoms. The number of nitrogens with two attached hydrogens (primary N) is 2. The fourth-order valence-electron chi connectivity index (χ4n) is 1.95. The van der Waals surface area contributed by atoms with E-state index >= 15 is 0 Å². The van der Waals surface area contributed by atoms with Gasteiger partial charge in [-0.2, -0.15) is 0 Å². The van der Waals surface area contributed by atoms with Gasteiger partial charge in [-0.25, -0.2) is 0 Å². The Labute approximate surface area is 102 Å². The van der Waals surface area contributed by atoms with Crippen molar-refractivity contribution < 1.29 is 0 Å². The summed E-state index contributed by atoms with van der Waals surface area (Å²) < 4.78 is 0. The van der Waals surface area contributed by atoms with Gasteiger partial charge in [0.15, 0.2) is 0 Å². The van der Waals surface area contributed by atoms with Crippen LogP contribution >= 0.6 is 0 Å². The molecule has 0 aliphatic carbocycles. The topological polar surface area (TPSA) is 52.0 Å². The van der Waals surface area contributed by atoms with Crippen LogP contribution in [0.4, 0.5) is 0 Å². The highest BCUT2D eigenvalue weighted by atomic mass is 14.5. The van der Waals surface area contributed by atoms with Gasteiger partial charge in [0.05, 0.1) is 0 Å². The Kier molecular flexibility index (Phi) is 3.57. The van der Waals surface area contributed by atoms with Gasteiger partial charge < -0.3 is 11.5 Å². The second kappa shape index (κ2) is 5.13. The third kappa shape index (κ3) is 2.54. The molecule has 2 aromatic rings. The van der Waals surface area contributed by atoms with Crippen molar-refractivity contribution in [1.29, 1.82) is 0 Å². The summed E-state index contributed by atoms with van der Waals surface area (Å²) in [7, 11) is 0. The fraction of sp³-hybridized carbons (Fsp3) is 0.200. The number of rotatable bonds is 3. The van der Waals surface area contributed by atoms with Crippen LogP contribution in [0, 0.1) is 6.92 Å². The van der Waals surface area contributed by atoms with E-state index in [-0.39, 0.29) is 0 Å². The first kappa shape index (κ1) is 11.8. The Morgan fingerprint density at radius 3 is 2.35 bits per heavy atom. The minimum atomic E-state index is 0.573. The number of aryl methyl sites for hydroxylation is 1. The fourth-order valence-corrected chi connectivity index (χ4v) is 1.95. The predicted octanol–water partition coefficient (Wildman–Crippen LogP) is 2.58. The highest BCUT2D eigenvalue weighted by Gasteiger charge is 2.02. The lowest BCUT2D eigenvalue weighted by Gasteiger charge is -2.08. The molecule has 0 atom stereocenters. The zero-order valence-corrected chi connectivity index (χ0v) is 10.1. The van der Waals surface area contributed by atoms with E-state index < -0.39 is 0 Å². The van der Waals surface area contributed by atoms with Gasteiger partial charge >= 0.3 is 0 Å². The van der Waals surface area contributed by atoms with Crippen molar-refractivity contribution in [2.75, 3.05) is 0 Å². The van der Waals surface area contributed by atoms with Crippen molar-refractivity contribution in [3.8, 4) is 11.1 Å². The van der Waals surface area contributed by atoms with Crippen molar-refractivity contribution in [3.63, 3.8) is 0 Å². The minimum absolute atomic E-state index is 0.573. The first-order valence-electron chi connectivity index (χ1n) is 5.83. The van der Waals surface area contributed by atoms with Crippen LogP contribution in [0.2, 0.25) is 0 Å². The number of hydrogen-bond acceptors (Lipinski definition) is 2. The van der Waals surface area contributed by atoms with E-state index in [2.05, 4.69) is 37.3 Å². The van der Waals surface area contributed by atoms with Gasteiger partial charge in [-0.3, -0.25) is 0 Å². The highest BCUT2D eigenvalue weighted by molar-refractivity contribution is 5.65. The van der Waals surface area contributed by atoms with Crippen molar-refractivity contribution in [1.82, 2.24) is 0 Å². The lowest BCUT2D eigenvalue weighted by molar-refractivity contribution is 1.05. The van der Waals surface area contributed by atoms with Crippen molar-refractivity contribution >= 4 is 0 Å². The van der Waals surface area contributed by atoms with Gasteiger partial charge in [0.1, 0.15) is 0 Å². The van der Waals surface area contributed by atoms with E-state index in [1.54, 1.807) is 0 Å². The predicted molar refractivity (Wildman–Crippen MR) is 72.4 cm³/mol. The molecule has 2 nitrogen and oxygen atoms in total. The second-order valence-corrected chi connectivity index (χ2v) is 4.25. The van der Waals surface area contributed by atoms with Crippen molar-refractivity contribution in [2.45, 2.75) is 20.0 Å². The molecule has 2 aromatic carbocycles. The van der Waals surface area contributed by atoms with Crippen LogP contribution in [0.15, 0.2) is 42.5 Å². The van der Waals surface area contributed by atoms with Gasteiger partial charge in [0, 0.05) is 13.1 Å². The molecule has 88 valence electrons. The maximum absolute atomic E-state index is 5.73. The number of hydrogen-bond donors (Lipinski definition) is 2. The van der Waals surface area contributed by atoms with Crippen LogP contribution in [0.1, 0.15) is 16.7 Å². The molecule has 0 aliphatic heterocycles. The first-order chi connectivity index (χ1) is 8.24. The standard InChI is InChI=1S/C15H18N2/c1-11-5-6-14(8-15(11)10-17)13-4-2-3-12(7-13)9-16/h2-8H,9-10,16-17H2,1H3. The van der Waals surface area contributed by atoms with E-state index in [9.17, 15) is 0 Å². The Balaban J connectivity index is 2.45. The molecule has 2 heteroatoms. The molecule has 0 unspecified atom stereocenters. The van der Waals surface area contributed by atoms with Gasteiger partial charge in [-0.15, -0.1) is 0 Å². The zero-order valence-electron chi connectivity index (χ0n) is 10.1. The average molecular weight is 226 g/mol. The monoisotopic (exact) mass is 226 g/mol. The summed E-state index contributed by atoms with van der Waals surface area (Å²) in [6.45, 7) is 3.24. The zero-order chi connectivity index (χ0) is 12.3. The average Bonchev–Trinajstić information content (AvgIpc) is 2.39. The van der Waals surface area contributed by atoms with E-state index in [0.717, 1.165) is 5.56 Å². The third-order valence-corrected chi connectivity index (χ3v) is 3.07. The van der Waals surface area contributed by atoms with Crippen LogP contribution in [0.3, 0.4) is 0 Å². The molecule has 0 saturated carbocycles. The highest BCUT2D eigenvalue weighted by Crippen LogP contribution is 2.23. The molecule has 0 fully saturated rings. The Bertz CT molecular complexity index is 518. The van der Waals surface area contributed by atoms with E-state index in [1.165, 1.54) is 22.3 Å². The van der Waals surface area contributed by atoms with E-state index in [0.29, 0.717) is 13.1 Å². The van der Waals surface area contributed by atoms with E-state index in [4.69, 9.17) is 11.5 Å². The van der Waals surface area contributed by atoms with Crippen LogP contribution in [0.5, 0.6) is 0 Å². The molecular formula is C15H18N2. The molecule has 0 radical (unpaired) electrons. The van der Waals surface area contributed by atoms with Crippen LogP contribution in [-0.2, 0) is 13.1 Å². The second-order valence-electron chi connectivity index (χ2n) is 4.25. The minimum Gasteiger partial charge on any atom is -0.326 e. The van der Waals surface area contributed by atoms with Gasteiger partial charge in [0.25, 0.3) is 0 Å². The quantitative estimate of drug-likeness (QED) is 0.845. The van der Waals surface area contributed by atoms with Gasteiger partial charge in [-0.1, -0.05) is 30.3 Å². The van der Waals surface area contributed by atoms with E-state index in [1.807, 2.05) is 12.1 Å². The molecule has 2 rings (SSSR count). The van der Waals surface area contributed by atoms with Crippen LogP contribution in [0.25, 0.3) is 11.1 Å². The molecule has 0 aliphatic rings. The van der Waals surface area contributed by atoms with Crippen LogP contribution in [-0.4, -0.2) is 0 Å². The molecule has 4 N–H and O–H groups in total. The summed E-state index contributed by atoms with van der Waals surface area (Å²) in [5.41, 5.74) is 17.4. The summed E-state index contributed by atoms with van der Waals surface area (Å²) in [6.07, 6.45) is 0. The summed E-state index contributed by atoms with van der Waals surface area (Å²) >= 11 is 0. The molecule has 17 heavy (non-hydrogen) atoms. The first-order valence-corrected chi connectivity index (χ1v) is 5.83. The Hall–Kier alpha value is -1.64. The Morgan fingerprint density at radius 1 is 0.882 bits per heavy atom. The third-order valence-electron chi connectivity index (χ3n) is 3.07. The smallest absolute Gasteiger partial charge is 0.0180 e. The lowest BCUT2D eigenvalue weighted by Crippen LogP contribution is -1.99.